The molecule has 0 aliphatic rings. The molecule has 122 valence electrons. The highest BCUT2D eigenvalue weighted by Gasteiger charge is 2.06. The first-order valence-electron chi connectivity index (χ1n) is 8.19. The van der Waals surface area contributed by atoms with Crippen LogP contribution in [-0.2, 0) is 0 Å². The zero-order valence-electron chi connectivity index (χ0n) is 15.1. The number of hydrogen-bond acceptors (Lipinski definition) is 3. The lowest BCUT2D eigenvalue weighted by Gasteiger charge is -2.14. The molecule has 1 unspecified atom stereocenters. The highest BCUT2D eigenvalue weighted by Crippen LogP contribution is 2.17. The average Bonchev–Trinajstić information content (AvgIpc) is 2.51. The molecule has 1 atom stereocenters. The van der Waals surface area contributed by atoms with Crippen LogP contribution in [0, 0.1) is 13.8 Å². The fourth-order valence-electron chi connectivity index (χ4n) is 1.65. The Morgan fingerprint density at radius 3 is 2.05 bits per heavy atom. The number of nitrogens with one attached hydrogen (secondary N) is 1. The molecule has 0 bridgehead atoms. The lowest BCUT2D eigenvalue weighted by atomic mass is 10.1. The van der Waals surface area contributed by atoms with Crippen LogP contribution < -0.4 is 5.32 Å². The van der Waals surface area contributed by atoms with E-state index in [4.69, 9.17) is 0 Å². The first-order valence-corrected chi connectivity index (χ1v) is 8.19. The number of nitrogens with zero attached hydrogens (tertiary/aromatic N) is 2. The van der Waals surface area contributed by atoms with Gasteiger partial charge in [0.2, 0.25) is 5.95 Å². The molecule has 0 amide bonds. The summed E-state index contributed by atoms with van der Waals surface area (Å²) < 4.78 is 0. The van der Waals surface area contributed by atoms with E-state index in [0.29, 0.717) is 5.95 Å². The fraction of sp³-hybridized carbons (Fsp3) is 0.474. The summed E-state index contributed by atoms with van der Waals surface area (Å²) in [5.41, 5.74) is 3.48. The van der Waals surface area contributed by atoms with E-state index in [1.807, 2.05) is 26.8 Å². The average molecular weight is 301 g/mol. The molecular formula is C19H31N3. The van der Waals surface area contributed by atoms with Crippen LogP contribution in [0.15, 0.2) is 36.5 Å². The Morgan fingerprint density at radius 1 is 1.00 bits per heavy atom. The van der Waals surface area contributed by atoms with E-state index in [-0.39, 0.29) is 6.04 Å². The highest BCUT2D eigenvalue weighted by atomic mass is 15.1. The summed E-state index contributed by atoms with van der Waals surface area (Å²) in [4.78, 5) is 8.53. The van der Waals surface area contributed by atoms with Gasteiger partial charge in [0, 0.05) is 11.9 Å². The molecule has 1 heterocycles. The molecule has 0 saturated heterocycles. The van der Waals surface area contributed by atoms with Crippen molar-refractivity contribution in [3.8, 4) is 0 Å². The van der Waals surface area contributed by atoms with Crippen LogP contribution >= 0.6 is 0 Å². The monoisotopic (exact) mass is 301 g/mol. The molecule has 3 heteroatoms. The smallest absolute Gasteiger partial charge is 0.223 e. The molecule has 0 spiro atoms. The Bertz CT molecular complexity index is 506. The lowest BCUT2D eigenvalue weighted by molar-refractivity contribution is 0.856. The fourth-order valence-corrected chi connectivity index (χ4v) is 1.65. The van der Waals surface area contributed by atoms with Gasteiger partial charge < -0.3 is 5.32 Å². The van der Waals surface area contributed by atoms with Gasteiger partial charge in [0.1, 0.15) is 0 Å². The van der Waals surface area contributed by atoms with Gasteiger partial charge in [-0.25, -0.2) is 9.97 Å². The maximum Gasteiger partial charge on any atom is 0.223 e. The van der Waals surface area contributed by atoms with Crippen molar-refractivity contribution in [1.29, 1.82) is 0 Å². The molecule has 3 nitrogen and oxygen atoms in total. The lowest BCUT2D eigenvalue weighted by Crippen LogP contribution is -2.09. The van der Waals surface area contributed by atoms with Crippen molar-refractivity contribution in [2.24, 2.45) is 0 Å². The maximum absolute atomic E-state index is 4.33. The van der Waals surface area contributed by atoms with Crippen LogP contribution in [0.3, 0.4) is 0 Å². The van der Waals surface area contributed by atoms with Crippen molar-refractivity contribution in [2.75, 3.05) is 5.32 Å². The van der Waals surface area contributed by atoms with Gasteiger partial charge in [-0.1, -0.05) is 63.9 Å². The minimum Gasteiger partial charge on any atom is -0.348 e. The highest BCUT2D eigenvalue weighted by molar-refractivity contribution is 5.32. The van der Waals surface area contributed by atoms with Gasteiger partial charge in [-0.15, -0.1) is 0 Å². The minimum atomic E-state index is 0.206. The van der Waals surface area contributed by atoms with Gasteiger partial charge >= 0.3 is 0 Å². The Balaban J connectivity index is 0.000000789. The molecule has 1 aromatic heterocycles. The summed E-state index contributed by atoms with van der Waals surface area (Å²) in [6.07, 6.45) is 3.02. The third kappa shape index (κ3) is 7.77. The summed E-state index contributed by atoms with van der Waals surface area (Å²) in [5, 5.41) is 3.30. The second-order valence-corrected chi connectivity index (χ2v) is 5.01. The molecule has 1 aromatic carbocycles. The Hall–Kier alpha value is -1.90. The van der Waals surface area contributed by atoms with Gasteiger partial charge in [0.25, 0.3) is 0 Å². The molecule has 0 aliphatic heterocycles. The summed E-state index contributed by atoms with van der Waals surface area (Å²) in [5.74, 6) is 0.679. The van der Waals surface area contributed by atoms with Crippen LogP contribution in [-0.4, -0.2) is 9.97 Å². The minimum absolute atomic E-state index is 0.206. The van der Waals surface area contributed by atoms with Crippen molar-refractivity contribution in [3.63, 3.8) is 0 Å². The normalized spacial score (nSPS) is 10.5. The topological polar surface area (TPSA) is 37.8 Å². The van der Waals surface area contributed by atoms with Crippen molar-refractivity contribution in [1.82, 2.24) is 9.97 Å². The number of hydrogen-bond donors (Lipinski definition) is 1. The second kappa shape index (κ2) is 11.7. The Kier molecular flexibility index (Phi) is 10.7. The quantitative estimate of drug-likeness (QED) is 0.789. The third-order valence-electron chi connectivity index (χ3n) is 2.72. The van der Waals surface area contributed by atoms with E-state index < -0.39 is 0 Å². The number of benzene rings is 1. The van der Waals surface area contributed by atoms with Crippen molar-refractivity contribution < 1.29 is 0 Å². The van der Waals surface area contributed by atoms with E-state index in [1.165, 1.54) is 17.5 Å². The predicted octanol–water partition coefficient (Wildman–Crippen LogP) is 5.71. The van der Waals surface area contributed by atoms with Gasteiger partial charge in [0.15, 0.2) is 0 Å². The van der Waals surface area contributed by atoms with Crippen LogP contribution in [0.5, 0.6) is 0 Å². The van der Waals surface area contributed by atoms with Crippen molar-refractivity contribution in [2.45, 2.75) is 60.9 Å². The zero-order chi connectivity index (χ0) is 17.0. The second-order valence-electron chi connectivity index (χ2n) is 5.01. The number of aromatic nitrogens is 2. The molecular weight excluding hydrogens is 270 g/mol. The molecule has 0 saturated carbocycles. The van der Waals surface area contributed by atoms with Crippen LogP contribution in [0.2, 0.25) is 0 Å². The van der Waals surface area contributed by atoms with E-state index >= 15 is 0 Å². The standard InChI is InChI=1S/C14H17N3.C3H8.C2H6/c1-10-4-6-13(7-5-10)12(3)17-14-15-9-8-11(2)16-14;1-3-2;1-2/h4-9,12H,1-3H3,(H,15,16,17);3H2,1-2H3;1-2H3. The van der Waals surface area contributed by atoms with Crippen LogP contribution in [0.1, 0.15) is 63.9 Å². The SMILES string of the molecule is CC.CCC.Cc1ccc(C(C)Nc2nccc(C)n2)cc1. The van der Waals surface area contributed by atoms with Gasteiger partial charge in [0.05, 0.1) is 6.04 Å². The number of rotatable bonds is 3. The molecule has 1 N–H and O–H groups in total. The predicted molar refractivity (Wildman–Crippen MR) is 97.3 cm³/mol. The Labute approximate surface area is 136 Å². The first-order chi connectivity index (χ1) is 10.6. The van der Waals surface area contributed by atoms with E-state index in [9.17, 15) is 0 Å². The largest absolute Gasteiger partial charge is 0.348 e. The Morgan fingerprint density at radius 2 is 1.55 bits per heavy atom. The molecule has 0 fully saturated rings. The third-order valence-corrected chi connectivity index (χ3v) is 2.72. The van der Waals surface area contributed by atoms with Crippen LogP contribution in [0.25, 0.3) is 0 Å². The summed E-state index contributed by atoms with van der Waals surface area (Å²) in [6.45, 7) is 14.4. The van der Waals surface area contributed by atoms with Gasteiger partial charge in [-0.3, -0.25) is 0 Å². The zero-order valence-corrected chi connectivity index (χ0v) is 15.1. The van der Waals surface area contributed by atoms with E-state index in [1.54, 1.807) is 6.20 Å². The first kappa shape index (κ1) is 20.1. The van der Waals surface area contributed by atoms with Crippen LogP contribution in [0.4, 0.5) is 5.95 Å². The summed E-state index contributed by atoms with van der Waals surface area (Å²) >= 11 is 0. The molecule has 2 rings (SSSR count). The summed E-state index contributed by atoms with van der Waals surface area (Å²) in [7, 11) is 0. The van der Waals surface area contributed by atoms with E-state index in [2.05, 4.69) is 67.2 Å². The van der Waals surface area contributed by atoms with Gasteiger partial charge in [-0.05, 0) is 32.4 Å². The van der Waals surface area contributed by atoms with Crippen molar-refractivity contribution in [3.05, 3.63) is 53.3 Å². The number of anilines is 1. The molecule has 0 aliphatic carbocycles. The molecule has 22 heavy (non-hydrogen) atoms. The number of aryl methyl sites for hydroxylation is 2. The molecule has 2 aromatic rings. The summed E-state index contributed by atoms with van der Waals surface area (Å²) in [6, 6.07) is 10.6. The van der Waals surface area contributed by atoms with Crippen molar-refractivity contribution >= 4 is 5.95 Å². The van der Waals surface area contributed by atoms with Gasteiger partial charge in [-0.2, -0.15) is 0 Å². The van der Waals surface area contributed by atoms with E-state index in [0.717, 1.165) is 5.69 Å². The maximum atomic E-state index is 4.33. The molecule has 0 radical (unpaired) electrons.